The van der Waals surface area contributed by atoms with Gasteiger partial charge in [0.05, 0.1) is 43.6 Å². The molecule has 2 aliphatic heterocycles. The minimum absolute atomic E-state index is 0.196. The lowest BCUT2D eigenvalue weighted by Crippen LogP contribution is -2.50. The van der Waals surface area contributed by atoms with Crippen LogP contribution in [0.5, 0.6) is 0 Å². The van der Waals surface area contributed by atoms with Crippen LogP contribution in [0.4, 0.5) is 42.8 Å². The van der Waals surface area contributed by atoms with E-state index in [1.165, 1.54) is 54.6 Å². The topological polar surface area (TPSA) is 126 Å². The van der Waals surface area contributed by atoms with Crippen molar-refractivity contribution in [1.82, 2.24) is 28.9 Å². The van der Waals surface area contributed by atoms with Crippen molar-refractivity contribution in [2.24, 2.45) is 0 Å². The van der Waals surface area contributed by atoms with E-state index < -0.39 is 46.6 Å². The molecule has 4 heterocycles. The molecule has 69 heavy (non-hydrogen) atoms. The first kappa shape index (κ1) is 51.2. The van der Waals surface area contributed by atoms with Crippen LogP contribution < -0.4 is 21.2 Å². The molecular formula is C46H40Br2Cl2F6N8O5. The van der Waals surface area contributed by atoms with Crippen molar-refractivity contribution in [2.45, 2.75) is 38.7 Å². The summed E-state index contributed by atoms with van der Waals surface area (Å²) < 4.78 is 90.5. The molecule has 0 unspecified atom stereocenters. The Morgan fingerprint density at radius 1 is 0.638 bits per heavy atom. The number of fused-ring (bicyclic) bond motifs is 2. The number of rotatable bonds is 5. The van der Waals surface area contributed by atoms with Gasteiger partial charge >= 0.3 is 29.8 Å². The van der Waals surface area contributed by atoms with Crippen LogP contribution in [-0.4, -0.2) is 98.9 Å². The van der Waals surface area contributed by atoms with E-state index in [0.29, 0.717) is 87.9 Å². The number of aromatic nitrogens is 4. The first-order valence-electron chi connectivity index (χ1n) is 20.9. The highest BCUT2D eigenvalue weighted by atomic mass is 79.9. The Labute approximate surface area is 416 Å². The van der Waals surface area contributed by atoms with Crippen LogP contribution >= 0.6 is 55.1 Å². The number of hydrogen-bond acceptors (Lipinski definition) is 9. The number of benzene rings is 4. The third kappa shape index (κ3) is 11.1. The number of carbonyl (C=O) groups is 2. The zero-order valence-electron chi connectivity index (χ0n) is 36.8. The number of amides is 2. The molecule has 8 rings (SSSR count). The molecular weight excluding hydrogens is 1090 g/mol. The maximum absolute atomic E-state index is 13.8. The predicted octanol–water partition coefficient (Wildman–Crippen LogP) is 10.5. The molecule has 364 valence electrons. The summed E-state index contributed by atoms with van der Waals surface area (Å²) in [5.74, 6) is 0.392. The quantitative estimate of drug-likeness (QED) is 0.123. The minimum Gasteiger partial charge on any atom is -0.444 e. The fraction of sp³-hybridized carbons (Fsp3) is 0.304. The molecule has 0 aliphatic carbocycles. The van der Waals surface area contributed by atoms with Gasteiger partial charge in [0.15, 0.2) is 0 Å². The van der Waals surface area contributed by atoms with Gasteiger partial charge in [0.1, 0.15) is 17.2 Å². The van der Waals surface area contributed by atoms with Crippen molar-refractivity contribution in [3.63, 3.8) is 0 Å². The van der Waals surface area contributed by atoms with Crippen LogP contribution in [0, 0.1) is 0 Å². The lowest BCUT2D eigenvalue weighted by molar-refractivity contribution is -0.138. The Hall–Kier alpha value is -5.64. The van der Waals surface area contributed by atoms with Crippen molar-refractivity contribution in [3.05, 3.63) is 137 Å². The molecule has 2 aromatic heterocycles. The normalized spacial score (nSPS) is 14.7. The van der Waals surface area contributed by atoms with Gasteiger partial charge < -0.3 is 24.3 Å². The second-order valence-electron chi connectivity index (χ2n) is 16.7. The zero-order chi connectivity index (χ0) is 50.3. The Bertz CT molecular complexity index is 3110. The first-order valence-corrected chi connectivity index (χ1v) is 23.3. The molecule has 4 aromatic carbocycles. The van der Waals surface area contributed by atoms with Crippen LogP contribution in [0.3, 0.4) is 0 Å². The standard InChI is InChI=1S/C24H23BrClF3N4O3.C22H17BrClF3N4O2/c1-23(2,3)36-22(35)32-10-8-31(9-11-32)20-14-12-17(26)16(25)13-19(14)33(21(34)30-20)18-7-5-4-6-15(18)24(27,28)29;1-2-19(32)29-7-9-30(10-8-29)20-13-11-16(24)15(23)12-18(13)31(21(33)28-20)17-6-4-3-5-14(17)22(25,26)27/h4-7,12-13H,8-11H2,1-3H3;2-6,11-12H,1,7-10H2. The predicted molar refractivity (Wildman–Crippen MR) is 259 cm³/mol. The van der Waals surface area contributed by atoms with Crippen molar-refractivity contribution in [1.29, 1.82) is 0 Å². The van der Waals surface area contributed by atoms with E-state index in [4.69, 9.17) is 27.9 Å². The summed E-state index contributed by atoms with van der Waals surface area (Å²) in [6.07, 6.45) is -8.55. The monoisotopic (exact) mass is 1130 g/mol. The Morgan fingerprint density at radius 3 is 1.38 bits per heavy atom. The van der Waals surface area contributed by atoms with Crippen molar-refractivity contribution in [3.8, 4) is 11.4 Å². The van der Waals surface area contributed by atoms with E-state index in [9.17, 15) is 45.5 Å². The molecule has 6 aromatic rings. The zero-order valence-corrected chi connectivity index (χ0v) is 41.5. The van der Waals surface area contributed by atoms with Crippen LogP contribution in [0.15, 0.2) is 104 Å². The fourth-order valence-corrected chi connectivity index (χ4v) is 8.86. The molecule has 2 aliphatic rings. The number of hydrogen-bond donors (Lipinski definition) is 0. The van der Waals surface area contributed by atoms with Gasteiger partial charge in [0, 0.05) is 72.1 Å². The SMILES string of the molecule is C=CC(=O)N1CCN(c2nc(=O)n(-c3ccccc3C(F)(F)F)c3cc(Br)c(Cl)cc23)CC1.CC(C)(C)OC(=O)N1CCN(c2nc(=O)n(-c3ccccc3C(F)(F)F)c3cc(Br)c(Cl)cc23)CC1. The highest BCUT2D eigenvalue weighted by Crippen LogP contribution is 2.39. The number of nitrogens with zero attached hydrogens (tertiary/aromatic N) is 8. The lowest BCUT2D eigenvalue weighted by atomic mass is 10.1. The van der Waals surface area contributed by atoms with Gasteiger partial charge in [-0.25, -0.2) is 14.4 Å². The lowest BCUT2D eigenvalue weighted by Gasteiger charge is -2.36. The molecule has 2 saturated heterocycles. The molecule has 0 radical (unpaired) electrons. The van der Waals surface area contributed by atoms with Gasteiger partial charge in [0.2, 0.25) is 5.91 Å². The number of piperazine rings is 2. The van der Waals surface area contributed by atoms with Crippen LogP contribution in [0.1, 0.15) is 31.9 Å². The number of para-hydroxylation sites is 2. The fourth-order valence-electron chi connectivity index (χ4n) is 7.87. The minimum atomic E-state index is -4.68. The summed E-state index contributed by atoms with van der Waals surface area (Å²) in [5.41, 5.74) is -4.47. The summed E-state index contributed by atoms with van der Waals surface area (Å²) in [6.45, 7) is 11.7. The Kier molecular flexibility index (Phi) is 14.8. The van der Waals surface area contributed by atoms with Gasteiger partial charge in [-0.3, -0.25) is 13.9 Å². The molecule has 2 fully saturated rings. The third-order valence-electron chi connectivity index (χ3n) is 11.0. The van der Waals surface area contributed by atoms with Gasteiger partial charge in [-0.2, -0.15) is 36.3 Å². The summed E-state index contributed by atoms with van der Waals surface area (Å²) >= 11 is 19.2. The molecule has 0 atom stereocenters. The molecule has 13 nitrogen and oxygen atoms in total. The summed E-state index contributed by atoms with van der Waals surface area (Å²) in [4.78, 5) is 65.8. The Morgan fingerprint density at radius 2 is 1.01 bits per heavy atom. The molecule has 0 bridgehead atoms. The average Bonchev–Trinajstić information content (AvgIpc) is 3.29. The Balaban J connectivity index is 0.000000205. The van der Waals surface area contributed by atoms with E-state index in [1.54, 1.807) is 42.7 Å². The van der Waals surface area contributed by atoms with E-state index in [2.05, 4.69) is 48.4 Å². The summed E-state index contributed by atoms with van der Waals surface area (Å²) in [6, 6.07) is 15.8. The van der Waals surface area contributed by atoms with Gasteiger partial charge in [0.25, 0.3) is 0 Å². The largest absolute Gasteiger partial charge is 0.444 e. The smallest absolute Gasteiger partial charge is 0.418 e. The van der Waals surface area contributed by atoms with Crippen molar-refractivity contribution >= 4 is 101 Å². The molecule has 23 heteroatoms. The first-order chi connectivity index (χ1) is 32.4. The second-order valence-corrected chi connectivity index (χ2v) is 19.2. The molecule has 0 spiro atoms. The number of alkyl halides is 6. The number of halogens is 10. The summed E-state index contributed by atoms with van der Waals surface area (Å²) in [5, 5.41) is 1.46. The van der Waals surface area contributed by atoms with E-state index in [-0.39, 0.29) is 34.1 Å². The average molecular weight is 1130 g/mol. The number of carbonyl (C=O) groups excluding carboxylic acids is 2. The van der Waals surface area contributed by atoms with Crippen molar-refractivity contribution in [2.75, 3.05) is 62.2 Å². The molecule has 2 amide bonds. The number of anilines is 2. The highest BCUT2D eigenvalue weighted by molar-refractivity contribution is 9.10. The maximum Gasteiger partial charge on any atom is 0.418 e. The maximum atomic E-state index is 13.8. The van der Waals surface area contributed by atoms with Crippen LogP contribution in [-0.2, 0) is 21.9 Å². The highest BCUT2D eigenvalue weighted by Gasteiger charge is 2.37. The van der Waals surface area contributed by atoms with Gasteiger partial charge in [-0.1, -0.05) is 54.0 Å². The molecule has 0 N–H and O–H groups in total. The van der Waals surface area contributed by atoms with Crippen LogP contribution in [0.2, 0.25) is 10.0 Å². The van der Waals surface area contributed by atoms with E-state index >= 15 is 0 Å². The van der Waals surface area contributed by atoms with E-state index in [1.807, 2.05) is 9.80 Å². The third-order valence-corrected chi connectivity index (χ3v) is 13.4. The molecule has 0 saturated carbocycles. The van der Waals surface area contributed by atoms with Crippen LogP contribution in [0.25, 0.3) is 33.2 Å². The van der Waals surface area contributed by atoms with E-state index in [0.717, 1.165) is 21.3 Å². The summed E-state index contributed by atoms with van der Waals surface area (Å²) in [7, 11) is 0. The van der Waals surface area contributed by atoms with Gasteiger partial charge in [-0.05, 0) is 107 Å². The van der Waals surface area contributed by atoms with Crippen molar-refractivity contribution < 1.29 is 40.7 Å². The second kappa shape index (κ2) is 20.0. The number of ether oxygens (including phenoxy) is 1. The van der Waals surface area contributed by atoms with Gasteiger partial charge in [-0.15, -0.1) is 0 Å².